The highest BCUT2D eigenvalue weighted by molar-refractivity contribution is 6.31. The van der Waals surface area contributed by atoms with Gasteiger partial charge in [0.1, 0.15) is 6.33 Å². The van der Waals surface area contributed by atoms with Crippen molar-refractivity contribution in [1.82, 2.24) is 19.8 Å². The van der Waals surface area contributed by atoms with Gasteiger partial charge in [0.2, 0.25) is 5.91 Å². The molecule has 0 saturated carbocycles. The monoisotopic (exact) mass is 504 g/mol. The first-order chi connectivity index (χ1) is 17.4. The van der Waals surface area contributed by atoms with Crippen LogP contribution in [0.2, 0.25) is 5.02 Å². The number of rotatable bonds is 7. The first-order valence-corrected chi connectivity index (χ1v) is 12.1. The van der Waals surface area contributed by atoms with Crippen molar-refractivity contribution >= 4 is 40.9 Å². The highest BCUT2D eigenvalue weighted by Gasteiger charge is 2.16. The van der Waals surface area contributed by atoms with Crippen LogP contribution in [0, 0.1) is 6.92 Å². The molecule has 2 N–H and O–H groups in total. The maximum Gasteiger partial charge on any atom is 0.255 e. The van der Waals surface area contributed by atoms with Gasteiger partial charge in [0.15, 0.2) is 0 Å². The van der Waals surface area contributed by atoms with E-state index in [1.807, 2.05) is 19.1 Å². The molecular formula is C27H29ClN6O2. The number of halogens is 1. The molecule has 0 atom stereocenters. The minimum Gasteiger partial charge on any atom is -0.322 e. The van der Waals surface area contributed by atoms with Crippen LogP contribution in [0.5, 0.6) is 0 Å². The van der Waals surface area contributed by atoms with Crippen LogP contribution in [-0.2, 0) is 11.3 Å². The van der Waals surface area contributed by atoms with Gasteiger partial charge < -0.3 is 15.5 Å². The summed E-state index contributed by atoms with van der Waals surface area (Å²) in [4.78, 5) is 37.8. The summed E-state index contributed by atoms with van der Waals surface area (Å²) in [5, 5.41) is 6.31. The second-order valence-electron chi connectivity index (χ2n) is 8.86. The standard InChI is InChI=1S/C27H29ClN6O2/c1-19-3-7-23(14-25(19)32-26(35)8-4-20-15-29-18-30-16-20)31-27(36)21-5-6-22(24(28)13-21)17-34-11-9-33(2)10-12-34/h3-8,13-16,18H,9-12,17H2,1-2H3,(H,31,36)(H,32,35). The van der Waals surface area contributed by atoms with E-state index in [2.05, 4.69) is 37.4 Å². The number of carbonyl (C=O) groups excluding carboxylic acids is 2. The van der Waals surface area contributed by atoms with Crippen molar-refractivity contribution in [3.05, 3.63) is 88.5 Å². The molecule has 1 aliphatic rings. The minimum absolute atomic E-state index is 0.270. The lowest BCUT2D eigenvalue weighted by molar-refractivity contribution is -0.111. The molecule has 2 heterocycles. The molecule has 1 fully saturated rings. The van der Waals surface area contributed by atoms with Gasteiger partial charge in [0.25, 0.3) is 5.91 Å². The van der Waals surface area contributed by atoms with Crippen molar-refractivity contribution in [2.24, 2.45) is 0 Å². The van der Waals surface area contributed by atoms with E-state index in [4.69, 9.17) is 11.6 Å². The highest BCUT2D eigenvalue weighted by Crippen LogP contribution is 2.23. The summed E-state index contributed by atoms with van der Waals surface area (Å²) in [6.07, 6.45) is 7.70. The lowest BCUT2D eigenvalue weighted by atomic mass is 10.1. The van der Waals surface area contributed by atoms with Gasteiger partial charge in [0, 0.05) is 78.7 Å². The number of nitrogens with one attached hydrogen (secondary N) is 2. The Balaban J connectivity index is 1.38. The number of nitrogens with zero attached hydrogens (tertiary/aromatic N) is 4. The quantitative estimate of drug-likeness (QED) is 0.471. The molecular weight excluding hydrogens is 476 g/mol. The van der Waals surface area contributed by atoms with Crippen molar-refractivity contribution in [3.63, 3.8) is 0 Å². The maximum atomic E-state index is 12.9. The van der Waals surface area contributed by atoms with Crippen LogP contribution in [0.3, 0.4) is 0 Å². The van der Waals surface area contributed by atoms with E-state index >= 15 is 0 Å². The van der Waals surface area contributed by atoms with E-state index in [9.17, 15) is 9.59 Å². The molecule has 2 amide bonds. The summed E-state index contributed by atoms with van der Waals surface area (Å²) in [5.41, 5.74) is 4.24. The van der Waals surface area contributed by atoms with E-state index in [-0.39, 0.29) is 11.8 Å². The molecule has 0 spiro atoms. The summed E-state index contributed by atoms with van der Waals surface area (Å²) < 4.78 is 0. The number of carbonyl (C=O) groups is 2. The Kier molecular flexibility index (Phi) is 8.43. The Morgan fingerprint density at radius 3 is 2.50 bits per heavy atom. The average molecular weight is 505 g/mol. The Bertz CT molecular complexity index is 1260. The van der Waals surface area contributed by atoms with Crippen molar-refractivity contribution in [3.8, 4) is 0 Å². The lowest BCUT2D eigenvalue weighted by Crippen LogP contribution is -2.43. The van der Waals surface area contributed by atoms with Gasteiger partial charge in [-0.25, -0.2) is 9.97 Å². The molecule has 36 heavy (non-hydrogen) atoms. The van der Waals surface area contributed by atoms with E-state index in [1.54, 1.807) is 42.7 Å². The topological polar surface area (TPSA) is 90.5 Å². The zero-order chi connectivity index (χ0) is 25.5. The Morgan fingerprint density at radius 1 is 1.03 bits per heavy atom. The molecule has 1 aliphatic heterocycles. The Morgan fingerprint density at radius 2 is 1.78 bits per heavy atom. The third-order valence-corrected chi connectivity index (χ3v) is 6.42. The second kappa shape index (κ2) is 11.9. The lowest BCUT2D eigenvalue weighted by Gasteiger charge is -2.32. The zero-order valence-electron chi connectivity index (χ0n) is 20.4. The van der Waals surface area contributed by atoms with Crippen LogP contribution in [0.15, 0.2) is 61.2 Å². The molecule has 1 saturated heterocycles. The number of aryl methyl sites for hydroxylation is 1. The third-order valence-electron chi connectivity index (χ3n) is 6.07. The van der Waals surface area contributed by atoms with Crippen molar-refractivity contribution < 1.29 is 9.59 Å². The van der Waals surface area contributed by atoms with Crippen LogP contribution in [-0.4, -0.2) is 64.8 Å². The summed E-state index contributed by atoms with van der Waals surface area (Å²) in [7, 11) is 2.13. The average Bonchev–Trinajstić information content (AvgIpc) is 2.88. The van der Waals surface area contributed by atoms with Gasteiger partial charge in [-0.05, 0) is 55.4 Å². The largest absolute Gasteiger partial charge is 0.322 e. The number of amides is 2. The van der Waals surface area contributed by atoms with Crippen molar-refractivity contribution in [1.29, 1.82) is 0 Å². The Hall–Kier alpha value is -3.59. The number of hydrogen-bond acceptors (Lipinski definition) is 6. The molecule has 3 aromatic rings. The summed E-state index contributed by atoms with van der Waals surface area (Å²) in [5.74, 6) is -0.568. The number of hydrogen-bond donors (Lipinski definition) is 2. The van der Waals surface area contributed by atoms with E-state index in [1.165, 1.54) is 12.4 Å². The predicted octanol–water partition coefficient (Wildman–Crippen LogP) is 4.09. The number of likely N-dealkylation sites (N-methyl/N-ethyl adjacent to an activating group) is 1. The predicted molar refractivity (Wildman–Crippen MR) is 143 cm³/mol. The smallest absolute Gasteiger partial charge is 0.255 e. The fourth-order valence-corrected chi connectivity index (χ4v) is 4.08. The molecule has 9 heteroatoms. The molecule has 0 aliphatic carbocycles. The molecule has 1 aromatic heterocycles. The minimum atomic E-state index is -0.298. The number of aromatic nitrogens is 2. The molecule has 2 aromatic carbocycles. The fourth-order valence-electron chi connectivity index (χ4n) is 3.84. The van der Waals surface area contributed by atoms with Crippen LogP contribution in [0.4, 0.5) is 11.4 Å². The fraction of sp³-hybridized carbons (Fsp3) is 0.259. The molecule has 0 radical (unpaired) electrons. The molecule has 0 unspecified atom stereocenters. The van der Waals surface area contributed by atoms with Gasteiger partial charge in [-0.1, -0.05) is 23.7 Å². The first kappa shape index (κ1) is 25.5. The molecule has 0 bridgehead atoms. The van der Waals surface area contributed by atoms with E-state index in [0.29, 0.717) is 22.0 Å². The third kappa shape index (κ3) is 6.97. The summed E-state index contributed by atoms with van der Waals surface area (Å²) >= 11 is 6.52. The van der Waals surface area contributed by atoms with E-state index < -0.39 is 0 Å². The normalized spacial score (nSPS) is 14.6. The molecule has 4 rings (SSSR count). The van der Waals surface area contributed by atoms with Crippen LogP contribution in [0.1, 0.15) is 27.0 Å². The first-order valence-electron chi connectivity index (χ1n) is 11.7. The molecule has 8 nitrogen and oxygen atoms in total. The number of anilines is 2. The van der Waals surface area contributed by atoms with Gasteiger partial charge in [-0.3, -0.25) is 14.5 Å². The van der Waals surface area contributed by atoms with Gasteiger partial charge in [-0.2, -0.15) is 0 Å². The van der Waals surface area contributed by atoms with Gasteiger partial charge in [-0.15, -0.1) is 0 Å². The summed E-state index contributed by atoms with van der Waals surface area (Å²) in [6, 6.07) is 10.8. The second-order valence-corrected chi connectivity index (χ2v) is 9.27. The van der Waals surface area contributed by atoms with Gasteiger partial charge in [0.05, 0.1) is 0 Å². The SMILES string of the molecule is Cc1ccc(NC(=O)c2ccc(CN3CCN(C)CC3)c(Cl)c2)cc1NC(=O)C=Cc1cncnc1. The van der Waals surface area contributed by atoms with Crippen LogP contribution >= 0.6 is 11.6 Å². The van der Waals surface area contributed by atoms with Gasteiger partial charge >= 0.3 is 0 Å². The van der Waals surface area contributed by atoms with Crippen LogP contribution in [0.25, 0.3) is 6.08 Å². The zero-order valence-corrected chi connectivity index (χ0v) is 21.1. The number of benzene rings is 2. The number of piperazine rings is 1. The highest BCUT2D eigenvalue weighted by atomic mass is 35.5. The van der Waals surface area contributed by atoms with Crippen molar-refractivity contribution in [2.45, 2.75) is 13.5 Å². The maximum absolute atomic E-state index is 12.9. The summed E-state index contributed by atoms with van der Waals surface area (Å²) in [6.45, 7) is 6.72. The van der Waals surface area contributed by atoms with E-state index in [0.717, 1.165) is 49.4 Å². The molecule has 186 valence electrons. The van der Waals surface area contributed by atoms with Crippen molar-refractivity contribution in [2.75, 3.05) is 43.9 Å². The Labute approximate surface area is 216 Å². The van der Waals surface area contributed by atoms with Crippen LogP contribution < -0.4 is 10.6 Å².